The van der Waals surface area contributed by atoms with Gasteiger partial charge < -0.3 is 10.4 Å². The lowest BCUT2D eigenvalue weighted by molar-refractivity contribution is 0.245. The van der Waals surface area contributed by atoms with Gasteiger partial charge in [0.2, 0.25) is 0 Å². The summed E-state index contributed by atoms with van der Waals surface area (Å²) in [6, 6.07) is 2.28. The fraction of sp³-hybridized carbons (Fsp3) is 0.750. The Kier molecular flexibility index (Phi) is 6.11. The molecule has 0 radical (unpaired) electrons. The van der Waals surface area contributed by atoms with Crippen molar-refractivity contribution in [1.82, 2.24) is 15.5 Å². The number of aliphatic hydroxyl groups is 1. The molecule has 0 fully saturated rings. The van der Waals surface area contributed by atoms with Crippen LogP contribution >= 0.6 is 0 Å². The third kappa shape index (κ3) is 4.33. The fourth-order valence-electron chi connectivity index (χ4n) is 1.90. The second kappa shape index (κ2) is 7.41. The summed E-state index contributed by atoms with van der Waals surface area (Å²) in [6.07, 6.45) is 5.00. The van der Waals surface area contributed by atoms with Crippen molar-refractivity contribution in [3.63, 3.8) is 0 Å². The summed E-state index contributed by atoms with van der Waals surface area (Å²) in [5, 5.41) is 19.3. The van der Waals surface area contributed by atoms with E-state index in [9.17, 15) is 0 Å². The van der Waals surface area contributed by atoms with E-state index in [1.807, 2.05) is 6.07 Å². The molecule has 0 aliphatic heterocycles. The molecule has 4 nitrogen and oxygen atoms in total. The summed E-state index contributed by atoms with van der Waals surface area (Å²) in [6.45, 7) is 5.54. The summed E-state index contributed by atoms with van der Waals surface area (Å²) in [5.74, 6) is 0.570. The van der Waals surface area contributed by atoms with Gasteiger partial charge in [-0.05, 0) is 38.3 Å². The number of nitrogens with zero attached hydrogens (tertiary/aromatic N) is 1. The van der Waals surface area contributed by atoms with Crippen molar-refractivity contribution < 1.29 is 5.11 Å². The summed E-state index contributed by atoms with van der Waals surface area (Å²) in [7, 11) is 0. The number of aromatic amines is 1. The number of hydrogen-bond donors (Lipinski definition) is 3. The van der Waals surface area contributed by atoms with Gasteiger partial charge in [-0.3, -0.25) is 5.10 Å². The van der Waals surface area contributed by atoms with E-state index in [1.54, 1.807) is 6.20 Å². The predicted molar refractivity (Wildman–Crippen MR) is 65.1 cm³/mol. The van der Waals surface area contributed by atoms with Crippen LogP contribution in [0.3, 0.4) is 0 Å². The van der Waals surface area contributed by atoms with Crippen LogP contribution in [0.25, 0.3) is 0 Å². The summed E-state index contributed by atoms with van der Waals surface area (Å²) in [4.78, 5) is 0. The molecule has 0 aromatic carbocycles. The highest BCUT2D eigenvalue weighted by Crippen LogP contribution is 2.13. The minimum absolute atomic E-state index is 0.283. The largest absolute Gasteiger partial charge is 0.396 e. The Balaban J connectivity index is 2.30. The van der Waals surface area contributed by atoms with E-state index in [-0.39, 0.29) is 6.61 Å². The van der Waals surface area contributed by atoms with Gasteiger partial charge in [0, 0.05) is 18.8 Å². The van der Waals surface area contributed by atoms with Crippen molar-refractivity contribution in [1.29, 1.82) is 0 Å². The normalized spacial score (nSPS) is 14.9. The zero-order valence-corrected chi connectivity index (χ0v) is 10.2. The van der Waals surface area contributed by atoms with Crippen LogP contribution in [0.15, 0.2) is 12.3 Å². The Labute approximate surface area is 97.5 Å². The third-order valence-electron chi connectivity index (χ3n) is 2.94. The van der Waals surface area contributed by atoms with Crippen LogP contribution < -0.4 is 5.32 Å². The second-order valence-electron chi connectivity index (χ2n) is 4.31. The molecular weight excluding hydrogens is 202 g/mol. The van der Waals surface area contributed by atoms with Gasteiger partial charge in [-0.25, -0.2) is 0 Å². The molecule has 0 amide bonds. The lowest BCUT2D eigenvalue weighted by atomic mass is 10.00. The molecule has 3 N–H and O–H groups in total. The molecule has 1 aromatic rings. The molecule has 0 bridgehead atoms. The molecule has 2 atom stereocenters. The Morgan fingerprint density at radius 1 is 1.50 bits per heavy atom. The average molecular weight is 225 g/mol. The number of rotatable bonds is 8. The molecule has 92 valence electrons. The molecule has 1 heterocycles. The molecule has 0 aliphatic rings. The Morgan fingerprint density at radius 3 is 2.88 bits per heavy atom. The molecule has 1 rings (SSSR count). The monoisotopic (exact) mass is 225 g/mol. The molecule has 0 spiro atoms. The second-order valence-corrected chi connectivity index (χ2v) is 4.31. The highest BCUT2D eigenvalue weighted by molar-refractivity contribution is 5.02. The number of aliphatic hydroxyl groups excluding tert-OH is 1. The van der Waals surface area contributed by atoms with E-state index in [0.717, 1.165) is 18.7 Å². The van der Waals surface area contributed by atoms with Crippen molar-refractivity contribution >= 4 is 0 Å². The Morgan fingerprint density at radius 2 is 2.31 bits per heavy atom. The maximum absolute atomic E-state index is 8.97. The zero-order chi connectivity index (χ0) is 11.8. The van der Waals surface area contributed by atoms with Crippen LogP contribution in [0.4, 0.5) is 0 Å². The van der Waals surface area contributed by atoms with Crippen molar-refractivity contribution in [3.05, 3.63) is 18.0 Å². The maximum Gasteiger partial charge on any atom is 0.0518 e. The fourth-order valence-corrected chi connectivity index (χ4v) is 1.90. The lowest BCUT2D eigenvalue weighted by Crippen LogP contribution is -2.26. The number of H-pyrrole nitrogens is 1. The molecule has 1 aromatic heterocycles. The van der Waals surface area contributed by atoms with E-state index >= 15 is 0 Å². The van der Waals surface area contributed by atoms with Gasteiger partial charge >= 0.3 is 0 Å². The standard InChI is InChI=1S/C12H23N3O/c1-3-4-11(6-8-16)9-13-10(2)12-5-7-14-15-12/h5,7,10-11,13,16H,3-4,6,8-9H2,1-2H3,(H,14,15). The summed E-state index contributed by atoms with van der Waals surface area (Å²) < 4.78 is 0. The molecule has 0 aliphatic carbocycles. The molecule has 2 unspecified atom stereocenters. The van der Waals surface area contributed by atoms with Crippen molar-refractivity contribution in [2.24, 2.45) is 5.92 Å². The SMILES string of the molecule is CCCC(CCO)CNC(C)c1ccn[nH]1. The van der Waals surface area contributed by atoms with Crippen LogP contribution in [0.1, 0.15) is 44.8 Å². The Hall–Kier alpha value is -0.870. The molecule has 0 saturated heterocycles. The van der Waals surface area contributed by atoms with Crippen molar-refractivity contribution in [2.45, 2.75) is 39.2 Å². The van der Waals surface area contributed by atoms with Crippen LogP contribution in [-0.4, -0.2) is 28.5 Å². The van der Waals surface area contributed by atoms with Crippen LogP contribution in [-0.2, 0) is 0 Å². The first kappa shape index (κ1) is 13.2. The number of aromatic nitrogens is 2. The molecule has 16 heavy (non-hydrogen) atoms. The number of hydrogen-bond acceptors (Lipinski definition) is 3. The van der Waals surface area contributed by atoms with E-state index in [0.29, 0.717) is 12.0 Å². The van der Waals surface area contributed by atoms with Crippen molar-refractivity contribution in [2.75, 3.05) is 13.2 Å². The van der Waals surface area contributed by atoms with Gasteiger partial charge in [-0.1, -0.05) is 13.3 Å². The smallest absolute Gasteiger partial charge is 0.0518 e. The zero-order valence-electron chi connectivity index (χ0n) is 10.2. The number of nitrogens with one attached hydrogen (secondary N) is 2. The summed E-state index contributed by atoms with van der Waals surface area (Å²) in [5.41, 5.74) is 1.11. The van der Waals surface area contributed by atoms with Gasteiger partial charge in [-0.2, -0.15) is 5.10 Å². The highest BCUT2D eigenvalue weighted by atomic mass is 16.3. The molecule has 0 saturated carbocycles. The Bertz CT molecular complexity index is 255. The first-order chi connectivity index (χ1) is 7.77. The minimum Gasteiger partial charge on any atom is -0.396 e. The van der Waals surface area contributed by atoms with Crippen molar-refractivity contribution in [3.8, 4) is 0 Å². The maximum atomic E-state index is 8.97. The van der Waals surface area contributed by atoms with Crippen LogP contribution in [0.2, 0.25) is 0 Å². The highest BCUT2D eigenvalue weighted by Gasteiger charge is 2.10. The minimum atomic E-state index is 0.283. The average Bonchev–Trinajstić information content (AvgIpc) is 2.79. The van der Waals surface area contributed by atoms with Gasteiger partial charge in [0.1, 0.15) is 0 Å². The van der Waals surface area contributed by atoms with E-state index in [4.69, 9.17) is 5.11 Å². The van der Waals surface area contributed by atoms with E-state index < -0.39 is 0 Å². The third-order valence-corrected chi connectivity index (χ3v) is 2.94. The first-order valence-corrected chi connectivity index (χ1v) is 6.11. The van der Waals surface area contributed by atoms with E-state index in [1.165, 1.54) is 12.8 Å². The quantitative estimate of drug-likeness (QED) is 0.633. The van der Waals surface area contributed by atoms with Gasteiger partial charge in [0.15, 0.2) is 0 Å². The first-order valence-electron chi connectivity index (χ1n) is 6.11. The topological polar surface area (TPSA) is 60.9 Å². The molecular formula is C12H23N3O. The predicted octanol–water partition coefficient (Wildman–Crippen LogP) is 1.86. The van der Waals surface area contributed by atoms with Gasteiger partial charge in [0.25, 0.3) is 0 Å². The van der Waals surface area contributed by atoms with Crippen LogP contribution in [0, 0.1) is 5.92 Å². The van der Waals surface area contributed by atoms with Crippen LogP contribution in [0.5, 0.6) is 0 Å². The summed E-state index contributed by atoms with van der Waals surface area (Å²) >= 11 is 0. The van der Waals surface area contributed by atoms with Gasteiger partial charge in [0.05, 0.1) is 5.69 Å². The lowest BCUT2D eigenvalue weighted by Gasteiger charge is -2.19. The van der Waals surface area contributed by atoms with Gasteiger partial charge in [-0.15, -0.1) is 0 Å². The van der Waals surface area contributed by atoms with E-state index in [2.05, 4.69) is 29.4 Å². The molecule has 4 heteroatoms.